The van der Waals surface area contributed by atoms with Crippen molar-refractivity contribution in [3.63, 3.8) is 0 Å². The van der Waals surface area contributed by atoms with E-state index in [0.29, 0.717) is 18.4 Å². The van der Waals surface area contributed by atoms with Crippen LogP contribution < -0.4 is 16.0 Å². The normalized spacial score (nSPS) is 11.3. The van der Waals surface area contributed by atoms with Crippen LogP contribution in [0.15, 0.2) is 35.3 Å². The molecule has 0 heterocycles. The number of amides is 1. The fraction of sp³-hybridized carbons (Fsp3) is 0.500. The van der Waals surface area contributed by atoms with E-state index in [2.05, 4.69) is 46.9 Å². The molecule has 1 aromatic rings. The van der Waals surface area contributed by atoms with Gasteiger partial charge in [-0.25, -0.2) is 0 Å². The summed E-state index contributed by atoms with van der Waals surface area (Å²) in [6.07, 6.45) is 0.840. The van der Waals surface area contributed by atoms with Gasteiger partial charge < -0.3 is 16.0 Å². The van der Waals surface area contributed by atoms with Crippen LogP contribution in [0.4, 0.5) is 0 Å². The van der Waals surface area contributed by atoms with Crippen molar-refractivity contribution < 1.29 is 4.79 Å². The minimum Gasteiger partial charge on any atom is -0.356 e. The first-order valence-corrected chi connectivity index (χ1v) is 7.37. The van der Waals surface area contributed by atoms with Gasteiger partial charge in [-0.1, -0.05) is 44.2 Å². The Morgan fingerprint density at radius 3 is 2.48 bits per heavy atom. The molecule has 5 nitrogen and oxygen atoms in total. The molecule has 0 aliphatic heterocycles. The zero-order valence-corrected chi connectivity index (χ0v) is 13.1. The summed E-state index contributed by atoms with van der Waals surface area (Å²) in [5.74, 6) is 1.16. The van der Waals surface area contributed by atoms with Crippen molar-refractivity contribution in [1.29, 1.82) is 0 Å². The summed E-state index contributed by atoms with van der Waals surface area (Å²) in [5.41, 5.74) is 1.22. The Hall–Kier alpha value is -2.04. The Morgan fingerprint density at radius 2 is 1.86 bits per heavy atom. The van der Waals surface area contributed by atoms with Crippen molar-refractivity contribution in [3.05, 3.63) is 35.9 Å². The van der Waals surface area contributed by atoms with E-state index < -0.39 is 0 Å². The third-order valence-corrected chi connectivity index (χ3v) is 2.90. The molecule has 1 rings (SSSR count). The van der Waals surface area contributed by atoms with Crippen LogP contribution in [-0.4, -0.2) is 38.5 Å². The molecule has 0 aliphatic rings. The van der Waals surface area contributed by atoms with Gasteiger partial charge >= 0.3 is 0 Å². The van der Waals surface area contributed by atoms with Crippen LogP contribution in [0, 0.1) is 5.92 Å². The number of carbonyl (C=O) groups is 1. The zero-order chi connectivity index (χ0) is 15.5. The first-order chi connectivity index (χ1) is 10.1. The molecule has 0 aromatic heterocycles. The summed E-state index contributed by atoms with van der Waals surface area (Å²) in [6.45, 7) is 5.94. The van der Waals surface area contributed by atoms with Gasteiger partial charge in [-0.05, 0) is 17.9 Å². The van der Waals surface area contributed by atoms with E-state index in [1.165, 1.54) is 5.56 Å². The fourth-order valence-corrected chi connectivity index (χ4v) is 1.74. The van der Waals surface area contributed by atoms with Crippen molar-refractivity contribution in [2.24, 2.45) is 10.9 Å². The maximum absolute atomic E-state index is 11.7. The van der Waals surface area contributed by atoms with Crippen molar-refractivity contribution in [2.75, 3.05) is 26.7 Å². The highest BCUT2D eigenvalue weighted by Gasteiger charge is 2.03. The Labute approximate surface area is 127 Å². The SMILES string of the molecule is CN=C(NCC(=O)NCCc1ccccc1)NCC(C)C. The van der Waals surface area contributed by atoms with E-state index in [4.69, 9.17) is 0 Å². The first-order valence-electron chi connectivity index (χ1n) is 7.37. The summed E-state index contributed by atoms with van der Waals surface area (Å²) in [7, 11) is 1.70. The van der Waals surface area contributed by atoms with Gasteiger partial charge in [0.15, 0.2) is 5.96 Å². The summed E-state index contributed by atoms with van der Waals surface area (Å²) in [6, 6.07) is 10.1. The van der Waals surface area contributed by atoms with Gasteiger partial charge in [-0.15, -0.1) is 0 Å². The molecule has 0 atom stereocenters. The zero-order valence-electron chi connectivity index (χ0n) is 13.1. The molecule has 116 valence electrons. The van der Waals surface area contributed by atoms with E-state index >= 15 is 0 Å². The third-order valence-electron chi connectivity index (χ3n) is 2.90. The molecule has 1 aromatic carbocycles. The average Bonchev–Trinajstić information content (AvgIpc) is 2.48. The predicted molar refractivity (Wildman–Crippen MR) is 87.4 cm³/mol. The lowest BCUT2D eigenvalue weighted by Gasteiger charge is -2.13. The summed E-state index contributed by atoms with van der Waals surface area (Å²) < 4.78 is 0. The fourth-order valence-electron chi connectivity index (χ4n) is 1.74. The topological polar surface area (TPSA) is 65.5 Å². The third kappa shape index (κ3) is 7.97. The molecule has 0 saturated heterocycles. The van der Waals surface area contributed by atoms with Crippen molar-refractivity contribution in [2.45, 2.75) is 20.3 Å². The van der Waals surface area contributed by atoms with Crippen LogP contribution in [0.25, 0.3) is 0 Å². The number of nitrogens with one attached hydrogen (secondary N) is 3. The van der Waals surface area contributed by atoms with Crippen LogP contribution in [0.5, 0.6) is 0 Å². The lowest BCUT2D eigenvalue weighted by molar-refractivity contribution is -0.119. The van der Waals surface area contributed by atoms with Gasteiger partial charge in [0.05, 0.1) is 6.54 Å². The summed E-state index contributed by atoms with van der Waals surface area (Å²) >= 11 is 0. The molecule has 1 amide bonds. The molecule has 0 aliphatic carbocycles. The van der Waals surface area contributed by atoms with Crippen molar-refractivity contribution in [1.82, 2.24) is 16.0 Å². The highest BCUT2D eigenvalue weighted by Crippen LogP contribution is 1.97. The molecule has 5 heteroatoms. The Morgan fingerprint density at radius 1 is 1.14 bits per heavy atom. The lowest BCUT2D eigenvalue weighted by Crippen LogP contribution is -2.44. The number of guanidine groups is 1. The maximum atomic E-state index is 11.7. The smallest absolute Gasteiger partial charge is 0.239 e. The second kappa shape index (κ2) is 9.80. The number of rotatable bonds is 7. The van der Waals surface area contributed by atoms with E-state index in [0.717, 1.165) is 13.0 Å². The van der Waals surface area contributed by atoms with E-state index in [1.807, 2.05) is 18.2 Å². The summed E-state index contributed by atoms with van der Waals surface area (Å²) in [4.78, 5) is 15.8. The van der Waals surface area contributed by atoms with Crippen LogP contribution in [0.1, 0.15) is 19.4 Å². The largest absolute Gasteiger partial charge is 0.356 e. The maximum Gasteiger partial charge on any atom is 0.239 e. The Balaban J connectivity index is 2.18. The van der Waals surface area contributed by atoms with Crippen molar-refractivity contribution >= 4 is 11.9 Å². The lowest BCUT2D eigenvalue weighted by atomic mass is 10.1. The van der Waals surface area contributed by atoms with Gasteiger partial charge in [0.1, 0.15) is 0 Å². The Bertz CT molecular complexity index is 443. The molecule has 3 N–H and O–H groups in total. The molecular weight excluding hydrogens is 264 g/mol. The average molecular weight is 290 g/mol. The standard InChI is InChI=1S/C16H26N4O/c1-13(2)11-19-16(17-3)20-12-15(21)18-10-9-14-7-5-4-6-8-14/h4-8,13H,9-12H2,1-3H3,(H,18,21)(H2,17,19,20). The molecule has 0 saturated carbocycles. The van der Waals surface area contributed by atoms with Gasteiger partial charge in [0, 0.05) is 20.1 Å². The number of aliphatic imine (C=N–C) groups is 1. The minimum absolute atomic E-state index is 0.0292. The monoisotopic (exact) mass is 290 g/mol. The second-order valence-electron chi connectivity index (χ2n) is 5.29. The number of hydrogen-bond donors (Lipinski definition) is 3. The molecular formula is C16H26N4O. The van der Waals surface area contributed by atoms with Crippen LogP contribution in [-0.2, 0) is 11.2 Å². The van der Waals surface area contributed by atoms with Gasteiger partial charge in [0.2, 0.25) is 5.91 Å². The number of nitrogens with zero attached hydrogens (tertiary/aromatic N) is 1. The number of hydrogen-bond acceptors (Lipinski definition) is 2. The molecule has 0 fully saturated rings. The molecule has 0 bridgehead atoms. The van der Waals surface area contributed by atoms with Gasteiger partial charge in [0.25, 0.3) is 0 Å². The molecule has 0 spiro atoms. The number of carbonyl (C=O) groups excluding carboxylic acids is 1. The quantitative estimate of drug-likeness (QED) is 0.522. The number of benzene rings is 1. The first kappa shape index (κ1) is 17.0. The summed E-state index contributed by atoms with van der Waals surface area (Å²) in [5, 5.41) is 9.06. The highest BCUT2D eigenvalue weighted by atomic mass is 16.1. The van der Waals surface area contributed by atoms with Crippen LogP contribution >= 0.6 is 0 Å². The van der Waals surface area contributed by atoms with E-state index in [1.54, 1.807) is 7.05 Å². The predicted octanol–water partition coefficient (Wildman–Crippen LogP) is 1.17. The van der Waals surface area contributed by atoms with Crippen LogP contribution in [0.2, 0.25) is 0 Å². The Kier molecular flexibility index (Phi) is 7.94. The van der Waals surface area contributed by atoms with Gasteiger partial charge in [-0.2, -0.15) is 0 Å². The second-order valence-corrected chi connectivity index (χ2v) is 5.29. The molecule has 0 radical (unpaired) electrons. The minimum atomic E-state index is -0.0292. The van der Waals surface area contributed by atoms with Crippen LogP contribution in [0.3, 0.4) is 0 Å². The van der Waals surface area contributed by atoms with E-state index in [-0.39, 0.29) is 12.5 Å². The highest BCUT2D eigenvalue weighted by molar-refractivity contribution is 5.86. The molecule has 21 heavy (non-hydrogen) atoms. The van der Waals surface area contributed by atoms with Crippen molar-refractivity contribution in [3.8, 4) is 0 Å². The van der Waals surface area contributed by atoms with Gasteiger partial charge in [-0.3, -0.25) is 9.79 Å². The molecule has 0 unspecified atom stereocenters. The van der Waals surface area contributed by atoms with E-state index in [9.17, 15) is 4.79 Å².